The summed E-state index contributed by atoms with van der Waals surface area (Å²) in [5, 5.41) is 15.2. The summed E-state index contributed by atoms with van der Waals surface area (Å²) in [4.78, 5) is 13.3. The molecule has 158 valence electrons. The van der Waals surface area contributed by atoms with Gasteiger partial charge in [-0.25, -0.2) is 9.48 Å². The zero-order valence-corrected chi connectivity index (χ0v) is 17.2. The predicted octanol–water partition coefficient (Wildman–Crippen LogP) is 4.73. The number of piperidine rings is 1. The Morgan fingerprint density at radius 3 is 2.93 bits per heavy atom. The molecule has 0 bridgehead atoms. The van der Waals surface area contributed by atoms with E-state index in [-0.39, 0.29) is 18.2 Å². The van der Waals surface area contributed by atoms with Crippen LogP contribution < -0.4 is 5.73 Å². The number of amides is 1. The molecule has 3 heterocycles. The van der Waals surface area contributed by atoms with E-state index in [4.69, 9.17) is 10.5 Å². The van der Waals surface area contributed by atoms with E-state index < -0.39 is 6.09 Å². The van der Waals surface area contributed by atoms with Crippen LogP contribution in [0.3, 0.4) is 0 Å². The molecule has 2 aliphatic rings. The molecule has 4 rings (SSSR count). The molecular weight excluding hydrogens is 368 g/mol. The van der Waals surface area contributed by atoms with Crippen molar-refractivity contribution < 1.29 is 14.6 Å². The monoisotopic (exact) mass is 400 g/mol. The molecule has 2 saturated heterocycles. The molecule has 7 heteroatoms. The SMILES string of the molecule is CCCCC1CC(c2cc3c(cnn3C3CCCCO3)cc2N)CCN1C(=O)O. The number of unbranched alkanes of at least 4 members (excludes halogenated alkanes) is 1. The summed E-state index contributed by atoms with van der Waals surface area (Å²) >= 11 is 0. The number of fused-ring (bicyclic) bond motifs is 1. The van der Waals surface area contributed by atoms with Gasteiger partial charge in [-0.3, -0.25) is 0 Å². The van der Waals surface area contributed by atoms with Crippen LogP contribution in [-0.4, -0.2) is 45.1 Å². The number of carboxylic acid groups (broad SMARTS) is 1. The third kappa shape index (κ3) is 4.06. The summed E-state index contributed by atoms with van der Waals surface area (Å²) in [5.41, 5.74) is 9.42. The first-order valence-electron chi connectivity index (χ1n) is 11.0. The molecule has 0 aliphatic carbocycles. The van der Waals surface area contributed by atoms with Crippen LogP contribution in [0.1, 0.15) is 76.0 Å². The number of carbonyl (C=O) groups is 1. The number of benzene rings is 1. The maximum absolute atomic E-state index is 11.7. The lowest BCUT2D eigenvalue weighted by atomic mass is 9.83. The lowest BCUT2D eigenvalue weighted by Crippen LogP contribution is -2.45. The van der Waals surface area contributed by atoms with Gasteiger partial charge in [-0.15, -0.1) is 0 Å². The maximum Gasteiger partial charge on any atom is 0.407 e. The number of aromatic nitrogens is 2. The van der Waals surface area contributed by atoms with Gasteiger partial charge in [0.2, 0.25) is 0 Å². The summed E-state index contributed by atoms with van der Waals surface area (Å²) in [6.07, 6.45) is 8.95. The Morgan fingerprint density at radius 2 is 2.21 bits per heavy atom. The lowest BCUT2D eigenvalue weighted by molar-refractivity contribution is -0.0366. The molecule has 7 nitrogen and oxygen atoms in total. The first-order valence-corrected chi connectivity index (χ1v) is 11.0. The molecular formula is C22H32N4O3. The summed E-state index contributed by atoms with van der Waals surface area (Å²) in [6.45, 7) is 3.49. The van der Waals surface area contributed by atoms with E-state index in [9.17, 15) is 9.90 Å². The van der Waals surface area contributed by atoms with Crippen LogP contribution in [0.4, 0.5) is 10.5 Å². The predicted molar refractivity (Wildman–Crippen MR) is 113 cm³/mol. The topological polar surface area (TPSA) is 93.6 Å². The molecule has 2 aromatic rings. The minimum Gasteiger partial charge on any atom is -0.465 e. The maximum atomic E-state index is 11.7. The second-order valence-electron chi connectivity index (χ2n) is 8.44. The molecule has 0 spiro atoms. The second-order valence-corrected chi connectivity index (χ2v) is 8.44. The fraction of sp³-hybridized carbons (Fsp3) is 0.636. The van der Waals surface area contributed by atoms with Gasteiger partial charge in [-0.2, -0.15) is 5.10 Å². The van der Waals surface area contributed by atoms with Gasteiger partial charge in [-0.05, 0) is 62.1 Å². The average molecular weight is 401 g/mol. The van der Waals surface area contributed by atoms with Crippen LogP contribution in [0.2, 0.25) is 0 Å². The number of anilines is 1. The third-order valence-electron chi connectivity index (χ3n) is 6.52. The summed E-state index contributed by atoms with van der Waals surface area (Å²) in [7, 11) is 0. The minimum absolute atomic E-state index is 0.0103. The second kappa shape index (κ2) is 8.61. The standard InChI is InChI=1S/C22H32N4O3/c1-2-3-6-17-11-15(8-9-25(17)22(27)28)18-13-20-16(12-19(18)23)14-24-26(20)21-7-4-5-10-29-21/h12-15,17,21H,2-11,23H2,1H3,(H,27,28). The van der Waals surface area contributed by atoms with E-state index in [1.807, 2.05) is 16.9 Å². The molecule has 2 aliphatic heterocycles. The van der Waals surface area contributed by atoms with E-state index in [1.54, 1.807) is 4.90 Å². The summed E-state index contributed by atoms with van der Waals surface area (Å²) < 4.78 is 7.94. The molecule has 0 radical (unpaired) electrons. The Hall–Kier alpha value is -2.28. The zero-order valence-electron chi connectivity index (χ0n) is 17.2. The van der Waals surface area contributed by atoms with Crippen molar-refractivity contribution in [3.63, 3.8) is 0 Å². The van der Waals surface area contributed by atoms with Crippen LogP contribution in [0.15, 0.2) is 18.3 Å². The van der Waals surface area contributed by atoms with Crippen molar-refractivity contribution in [1.82, 2.24) is 14.7 Å². The molecule has 1 amide bonds. The molecule has 1 aromatic carbocycles. The highest BCUT2D eigenvalue weighted by Gasteiger charge is 2.33. The molecule has 29 heavy (non-hydrogen) atoms. The van der Waals surface area contributed by atoms with Gasteiger partial charge < -0.3 is 20.5 Å². The van der Waals surface area contributed by atoms with Crippen molar-refractivity contribution in [2.75, 3.05) is 18.9 Å². The Balaban J connectivity index is 1.62. The average Bonchev–Trinajstić information content (AvgIpc) is 3.14. The van der Waals surface area contributed by atoms with E-state index in [1.165, 1.54) is 0 Å². The molecule has 3 N–H and O–H groups in total. The number of rotatable bonds is 5. The van der Waals surface area contributed by atoms with Gasteiger partial charge in [0, 0.05) is 30.3 Å². The molecule has 2 fully saturated rings. The first-order chi connectivity index (χ1) is 14.1. The van der Waals surface area contributed by atoms with Crippen molar-refractivity contribution in [3.05, 3.63) is 23.9 Å². The Bertz CT molecular complexity index is 859. The number of hydrogen-bond acceptors (Lipinski definition) is 4. The van der Waals surface area contributed by atoms with Crippen LogP contribution in [0, 0.1) is 0 Å². The van der Waals surface area contributed by atoms with Crippen molar-refractivity contribution in [2.24, 2.45) is 0 Å². The summed E-state index contributed by atoms with van der Waals surface area (Å²) in [6, 6.07) is 4.25. The van der Waals surface area contributed by atoms with Gasteiger partial charge in [0.25, 0.3) is 0 Å². The molecule has 3 unspecified atom stereocenters. The number of nitrogen functional groups attached to an aromatic ring is 1. The highest BCUT2D eigenvalue weighted by molar-refractivity contribution is 5.84. The van der Waals surface area contributed by atoms with Gasteiger partial charge in [0.05, 0.1) is 11.7 Å². The van der Waals surface area contributed by atoms with Crippen LogP contribution in [0.5, 0.6) is 0 Å². The lowest BCUT2D eigenvalue weighted by Gasteiger charge is -2.38. The minimum atomic E-state index is -0.805. The fourth-order valence-electron chi connectivity index (χ4n) is 4.93. The number of ether oxygens (including phenoxy) is 1. The van der Waals surface area contributed by atoms with E-state index in [0.717, 1.165) is 80.1 Å². The van der Waals surface area contributed by atoms with Crippen LogP contribution in [0.25, 0.3) is 10.9 Å². The third-order valence-corrected chi connectivity index (χ3v) is 6.52. The first kappa shape index (κ1) is 20.0. The van der Waals surface area contributed by atoms with Crippen LogP contribution >= 0.6 is 0 Å². The number of likely N-dealkylation sites (tertiary alicyclic amines) is 1. The van der Waals surface area contributed by atoms with Gasteiger partial charge in [-0.1, -0.05) is 19.8 Å². The molecule has 0 saturated carbocycles. The van der Waals surface area contributed by atoms with E-state index >= 15 is 0 Å². The number of nitrogens with zero attached hydrogens (tertiary/aromatic N) is 3. The normalized spacial score (nSPS) is 25.4. The van der Waals surface area contributed by atoms with E-state index in [0.29, 0.717) is 6.54 Å². The number of hydrogen-bond donors (Lipinski definition) is 2. The molecule has 1 aromatic heterocycles. The van der Waals surface area contributed by atoms with Crippen molar-refractivity contribution >= 4 is 22.7 Å². The molecule has 3 atom stereocenters. The van der Waals surface area contributed by atoms with E-state index in [2.05, 4.69) is 18.1 Å². The quantitative estimate of drug-likeness (QED) is 0.708. The Labute approximate surface area is 171 Å². The van der Waals surface area contributed by atoms with Crippen molar-refractivity contribution in [3.8, 4) is 0 Å². The smallest absolute Gasteiger partial charge is 0.407 e. The van der Waals surface area contributed by atoms with Crippen LogP contribution in [-0.2, 0) is 4.74 Å². The van der Waals surface area contributed by atoms with Gasteiger partial charge in [0.15, 0.2) is 6.23 Å². The van der Waals surface area contributed by atoms with Crippen molar-refractivity contribution in [2.45, 2.75) is 76.5 Å². The highest BCUT2D eigenvalue weighted by Crippen LogP contribution is 2.38. The highest BCUT2D eigenvalue weighted by atomic mass is 16.5. The van der Waals surface area contributed by atoms with Gasteiger partial charge in [0.1, 0.15) is 0 Å². The largest absolute Gasteiger partial charge is 0.465 e. The van der Waals surface area contributed by atoms with Gasteiger partial charge >= 0.3 is 6.09 Å². The fourth-order valence-corrected chi connectivity index (χ4v) is 4.93. The summed E-state index contributed by atoms with van der Waals surface area (Å²) in [5.74, 6) is 0.271. The zero-order chi connectivity index (χ0) is 20.4. The number of nitrogens with two attached hydrogens (primary N) is 1. The Morgan fingerprint density at radius 1 is 1.34 bits per heavy atom. The van der Waals surface area contributed by atoms with Crippen molar-refractivity contribution in [1.29, 1.82) is 0 Å². The Kier molecular flexibility index (Phi) is 5.94.